The van der Waals surface area contributed by atoms with E-state index in [0.717, 1.165) is 0 Å². The van der Waals surface area contributed by atoms with E-state index in [4.69, 9.17) is 15.2 Å². The average Bonchev–Trinajstić information content (AvgIpc) is 3.06. The van der Waals surface area contributed by atoms with Crippen LogP contribution in [0.25, 0.3) is 0 Å². The average molecular weight is 380 g/mol. The summed E-state index contributed by atoms with van der Waals surface area (Å²) in [6.45, 7) is 3.33. The number of carbonyl (C=O) groups is 2. The van der Waals surface area contributed by atoms with Crippen LogP contribution in [0.2, 0.25) is 0 Å². The molecule has 0 unspecified atom stereocenters. The Bertz CT molecular complexity index is 681. The standard InChI is InChI=1S/C18H25FN4O4/c19-15-10-13(3-4-16(15)22-6-8-26-9-7-22)23-12-14(27-18(23)25)11-21-17(24)2-1-5-20/h3-4,10,14H,1-2,5-9,11-12,20H2,(H,21,24)/t14-/m0/s1. The van der Waals surface area contributed by atoms with E-state index in [2.05, 4.69) is 5.32 Å². The largest absolute Gasteiger partial charge is 0.442 e. The van der Waals surface area contributed by atoms with Gasteiger partial charge in [0.25, 0.3) is 0 Å². The second-order valence-corrected chi connectivity index (χ2v) is 6.55. The summed E-state index contributed by atoms with van der Waals surface area (Å²) < 4.78 is 25.1. The number of morpholine rings is 1. The van der Waals surface area contributed by atoms with E-state index in [1.54, 1.807) is 12.1 Å². The molecule has 3 rings (SSSR count). The Morgan fingerprint density at radius 1 is 1.33 bits per heavy atom. The normalized spacial score (nSPS) is 19.9. The first kappa shape index (κ1) is 19.4. The third kappa shape index (κ3) is 4.86. The van der Waals surface area contributed by atoms with E-state index in [9.17, 15) is 14.0 Å². The predicted octanol–water partition coefficient (Wildman–Crippen LogP) is 0.843. The maximum atomic E-state index is 14.6. The van der Waals surface area contributed by atoms with Gasteiger partial charge in [0, 0.05) is 19.5 Å². The van der Waals surface area contributed by atoms with Crippen molar-refractivity contribution in [3.8, 4) is 0 Å². The molecule has 1 aromatic rings. The highest BCUT2D eigenvalue weighted by Crippen LogP contribution is 2.28. The van der Waals surface area contributed by atoms with Crippen LogP contribution in [0.5, 0.6) is 0 Å². The predicted molar refractivity (Wildman–Crippen MR) is 98.3 cm³/mol. The van der Waals surface area contributed by atoms with Crippen LogP contribution in [0.3, 0.4) is 0 Å². The SMILES string of the molecule is NCCCC(=O)NC[C@H]1CN(c2ccc(N3CCOCC3)c(F)c2)C(=O)O1. The van der Waals surface area contributed by atoms with Gasteiger partial charge in [0.2, 0.25) is 5.91 Å². The molecule has 1 atom stereocenters. The summed E-state index contributed by atoms with van der Waals surface area (Å²) in [5.41, 5.74) is 6.31. The van der Waals surface area contributed by atoms with E-state index < -0.39 is 12.2 Å². The third-order valence-corrected chi connectivity index (χ3v) is 4.60. The molecule has 2 heterocycles. The number of benzene rings is 1. The number of ether oxygens (including phenoxy) is 2. The lowest BCUT2D eigenvalue weighted by Crippen LogP contribution is -2.37. The zero-order valence-corrected chi connectivity index (χ0v) is 15.2. The highest BCUT2D eigenvalue weighted by molar-refractivity contribution is 5.90. The molecule has 2 fully saturated rings. The maximum absolute atomic E-state index is 14.6. The number of cyclic esters (lactones) is 1. The molecule has 0 saturated carbocycles. The lowest BCUT2D eigenvalue weighted by Gasteiger charge is -2.29. The van der Waals surface area contributed by atoms with Crippen molar-refractivity contribution in [2.45, 2.75) is 18.9 Å². The minimum absolute atomic E-state index is 0.129. The van der Waals surface area contributed by atoms with E-state index in [-0.39, 0.29) is 24.8 Å². The van der Waals surface area contributed by atoms with Crippen molar-refractivity contribution in [1.29, 1.82) is 0 Å². The first-order valence-corrected chi connectivity index (χ1v) is 9.15. The van der Waals surface area contributed by atoms with Crippen molar-refractivity contribution in [3.63, 3.8) is 0 Å². The number of rotatable bonds is 7. The van der Waals surface area contributed by atoms with Gasteiger partial charge in [0.05, 0.1) is 37.7 Å². The number of hydrogen-bond donors (Lipinski definition) is 2. The van der Waals surface area contributed by atoms with Crippen LogP contribution < -0.4 is 20.9 Å². The lowest BCUT2D eigenvalue weighted by molar-refractivity contribution is -0.121. The van der Waals surface area contributed by atoms with Gasteiger partial charge < -0.3 is 25.4 Å². The summed E-state index contributed by atoms with van der Waals surface area (Å²) in [6, 6.07) is 4.72. The van der Waals surface area contributed by atoms with Gasteiger partial charge in [0.15, 0.2) is 0 Å². The van der Waals surface area contributed by atoms with Crippen molar-refractivity contribution in [1.82, 2.24) is 5.32 Å². The summed E-state index contributed by atoms with van der Waals surface area (Å²) in [5.74, 6) is -0.517. The molecule has 0 spiro atoms. The number of hydrogen-bond acceptors (Lipinski definition) is 6. The van der Waals surface area contributed by atoms with Gasteiger partial charge in [0.1, 0.15) is 11.9 Å². The molecule has 1 aromatic carbocycles. The summed E-state index contributed by atoms with van der Waals surface area (Å²) >= 11 is 0. The number of carbonyl (C=O) groups excluding carboxylic acids is 2. The van der Waals surface area contributed by atoms with Gasteiger partial charge in [-0.1, -0.05) is 0 Å². The molecule has 3 N–H and O–H groups in total. The van der Waals surface area contributed by atoms with Gasteiger partial charge >= 0.3 is 6.09 Å². The van der Waals surface area contributed by atoms with Crippen LogP contribution in [0.1, 0.15) is 12.8 Å². The molecule has 0 aliphatic carbocycles. The molecule has 0 radical (unpaired) electrons. The molecule has 9 heteroatoms. The van der Waals surface area contributed by atoms with Gasteiger partial charge in [-0.3, -0.25) is 9.69 Å². The summed E-state index contributed by atoms with van der Waals surface area (Å²) in [5, 5.41) is 2.72. The Balaban J connectivity index is 1.58. The third-order valence-electron chi connectivity index (χ3n) is 4.60. The Morgan fingerprint density at radius 2 is 2.11 bits per heavy atom. The summed E-state index contributed by atoms with van der Waals surface area (Å²) in [6.07, 6.45) is -0.0669. The van der Waals surface area contributed by atoms with Crippen molar-refractivity contribution in [2.75, 3.05) is 55.7 Å². The molecule has 0 bridgehead atoms. The van der Waals surface area contributed by atoms with Crippen LogP contribution in [0, 0.1) is 5.82 Å². The molecule has 2 aliphatic rings. The molecule has 8 nitrogen and oxygen atoms in total. The Morgan fingerprint density at radius 3 is 2.81 bits per heavy atom. The van der Waals surface area contributed by atoms with Gasteiger partial charge in [-0.25, -0.2) is 9.18 Å². The molecule has 2 saturated heterocycles. The molecular formula is C18H25FN4O4. The van der Waals surface area contributed by atoms with Crippen molar-refractivity contribution >= 4 is 23.4 Å². The summed E-state index contributed by atoms with van der Waals surface area (Å²) in [7, 11) is 0. The topological polar surface area (TPSA) is 97.1 Å². The molecule has 0 aromatic heterocycles. The fraction of sp³-hybridized carbons (Fsp3) is 0.556. The zero-order chi connectivity index (χ0) is 19.2. The van der Waals surface area contributed by atoms with E-state index >= 15 is 0 Å². The van der Waals surface area contributed by atoms with Gasteiger partial charge in [-0.15, -0.1) is 0 Å². The number of halogens is 1. The quantitative estimate of drug-likeness (QED) is 0.728. The van der Waals surface area contributed by atoms with Crippen LogP contribution in [-0.4, -0.2) is 64.0 Å². The highest BCUT2D eigenvalue weighted by Gasteiger charge is 2.33. The number of nitrogens with one attached hydrogen (secondary N) is 1. The Kier molecular flexibility index (Phi) is 6.46. The second-order valence-electron chi connectivity index (χ2n) is 6.55. The molecule has 148 valence electrons. The summed E-state index contributed by atoms with van der Waals surface area (Å²) in [4.78, 5) is 27.1. The highest BCUT2D eigenvalue weighted by atomic mass is 19.1. The smallest absolute Gasteiger partial charge is 0.414 e. The molecule has 2 aliphatic heterocycles. The molecule has 2 amide bonds. The van der Waals surface area contributed by atoms with Gasteiger partial charge in [-0.05, 0) is 31.2 Å². The van der Waals surface area contributed by atoms with Gasteiger partial charge in [-0.2, -0.15) is 0 Å². The number of nitrogens with two attached hydrogens (primary N) is 1. The lowest BCUT2D eigenvalue weighted by atomic mass is 10.2. The van der Waals surface area contributed by atoms with Crippen LogP contribution in [0.15, 0.2) is 18.2 Å². The Labute approximate surface area is 157 Å². The first-order chi connectivity index (χ1) is 13.1. The van der Waals surface area contributed by atoms with E-state index in [1.807, 2.05) is 4.90 Å². The van der Waals surface area contributed by atoms with Crippen LogP contribution in [0.4, 0.5) is 20.6 Å². The maximum Gasteiger partial charge on any atom is 0.414 e. The fourth-order valence-corrected chi connectivity index (χ4v) is 3.14. The molecule has 27 heavy (non-hydrogen) atoms. The van der Waals surface area contributed by atoms with Crippen molar-refractivity contribution in [3.05, 3.63) is 24.0 Å². The van der Waals surface area contributed by atoms with E-state index in [1.165, 1.54) is 11.0 Å². The monoisotopic (exact) mass is 380 g/mol. The van der Waals surface area contributed by atoms with Crippen molar-refractivity contribution < 1.29 is 23.5 Å². The number of nitrogens with zero attached hydrogens (tertiary/aromatic N) is 2. The fourth-order valence-electron chi connectivity index (χ4n) is 3.14. The number of anilines is 2. The van der Waals surface area contributed by atoms with Crippen LogP contribution >= 0.6 is 0 Å². The zero-order valence-electron chi connectivity index (χ0n) is 15.2. The van der Waals surface area contributed by atoms with Crippen molar-refractivity contribution in [2.24, 2.45) is 5.73 Å². The first-order valence-electron chi connectivity index (χ1n) is 9.15. The second kappa shape index (κ2) is 9.01. The molecular weight excluding hydrogens is 355 g/mol. The minimum atomic E-state index is -0.547. The number of amides is 2. The Hall–Kier alpha value is -2.39. The minimum Gasteiger partial charge on any atom is -0.442 e. The van der Waals surface area contributed by atoms with Crippen LogP contribution in [-0.2, 0) is 14.3 Å². The van der Waals surface area contributed by atoms with E-state index in [0.29, 0.717) is 57.1 Å².